The summed E-state index contributed by atoms with van der Waals surface area (Å²) in [5.41, 5.74) is 0.874. The maximum Gasteiger partial charge on any atom is 0.331 e. The normalized spacial score (nSPS) is 21.2. The quantitative estimate of drug-likeness (QED) is 0.297. The number of aromatic nitrogens is 1. The first-order chi connectivity index (χ1) is 19.7. The number of benzene rings is 1. The molecule has 0 spiro atoms. The van der Waals surface area contributed by atoms with Crippen molar-refractivity contribution in [2.24, 2.45) is 11.8 Å². The molecule has 0 unspecified atom stereocenters. The van der Waals surface area contributed by atoms with Crippen molar-refractivity contribution in [3.05, 3.63) is 53.9 Å². The molecule has 11 heteroatoms. The summed E-state index contributed by atoms with van der Waals surface area (Å²) in [4.78, 5) is 41.8. The Morgan fingerprint density at radius 2 is 1.90 bits per heavy atom. The van der Waals surface area contributed by atoms with E-state index in [0.29, 0.717) is 12.5 Å². The summed E-state index contributed by atoms with van der Waals surface area (Å²) in [6, 6.07) is 10.2. The second-order valence-electron chi connectivity index (χ2n) is 10.3. The van der Waals surface area contributed by atoms with Crippen molar-refractivity contribution in [2.75, 3.05) is 27.1 Å². The molecule has 0 bridgehead atoms. The number of amides is 1. The average molecular weight is 573 g/mol. The summed E-state index contributed by atoms with van der Waals surface area (Å²) >= 11 is 0. The van der Waals surface area contributed by atoms with Crippen molar-refractivity contribution in [3.63, 3.8) is 0 Å². The van der Waals surface area contributed by atoms with Crippen LogP contribution in [0.5, 0.6) is 11.5 Å². The maximum atomic E-state index is 13.3. The molecule has 1 aromatic carbocycles. The number of ether oxygens (including phenoxy) is 6. The van der Waals surface area contributed by atoms with Gasteiger partial charge in [0, 0.05) is 25.1 Å². The topological polar surface area (TPSA) is 132 Å². The lowest BCUT2D eigenvalue weighted by molar-refractivity contribution is -0.155. The zero-order valence-corrected chi connectivity index (χ0v) is 24.3. The lowest BCUT2D eigenvalue weighted by Crippen LogP contribution is -2.46. The molecule has 2 heterocycles. The first-order valence-electron chi connectivity index (χ1n) is 13.7. The molecule has 1 aliphatic rings. The first-order valence-corrected chi connectivity index (χ1v) is 13.7. The summed E-state index contributed by atoms with van der Waals surface area (Å²) in [5.74, 6) is -1.40. The SMILES string of the molecule is COc1ccnc(C(=O)N[C@H]2COC[C@H](OCc3ccccc3)[C@@H](CCC(C)C)[C@H](C)OC2=O)c1OCOC(C)=O. The average Bonchev–Trinajstić information content (AvgIpc) is 2.99. The van der Waals surface area contributed by atoms with Crippen LogP contribution < -0.4 is 14.8 Å². The molecule has 41 heavy (non-hydrogen) atoms. The van der Waals surface area contributed by atoms with Crippen LogP contribution in [0, 0.1) is 11.8 Å². The van der Waals surface area contributed by atoms with Gasteiger partial charge in [-0.25, -0.2) is 9.78 Å². The van der Waals surface area contributed by atoms with E-state index >= 15 is 0 Å². The van der Waals surface area contributed by atoms with Crippen LogP contribution in [0.3, 0.4) is 0 Å². The third-order valence-electron chi connectivity index (χ3n) is 6.69. The van der Waals surface area contributed by atoms with Crippen LogP contribution >= 0.6 is 0 Å². The van der Waals surface area contributed by atoms with Gasteiger partial charge in [0.2, 0.25) is 6.79 Å². The Bertz CT molecular complexity index is 1140. The van der Waals surface area contributed by atoms with E-state index in [-0.39, 0.29) is 42.4 Å². The van der Waals surface area contributed by atoms with E-state index in [2.05, 4.69) is 24.1 Å². The van der Waals surface area contributed by atoms with Crippen molar-refractivity contribution in [2.45, 2.75) is 65.4 Å². The highest BCUT2D eigenvalue weighted by atomic mass is 16.7. The molecule has 1 amide bonds. The Labute approximate surface area is 240 Å². The molecular formula is C30H40N2O9. The van der Waals surface area contributed by atoms with Crippen LogP contribution in [0.25, 0.3) is 0 Å². The number of nitrogens with one attached hydrogen (secondary N) is 1. The van der Waals surface area contributed by atoms with E-state index in [1.54, 1.807) is 0 Å². The summed E-state index contributed by atoms with van der Waals surface area (Å²) in [7, 11) is 1.40. The number of carbonyl (C=O) groups is 3. The Kier molecular flexibility index (Phi) is 12.4. The molecule has 1 aromatic heterocycles. The summed E-state index contributed by atoms with van der Waals surface area (Å²) in [6.07, 6.45) is 2.26. The molecule has 1 saturated heterocycles. The Morgan fingerprint density at radius 1 is 1.15 bits per heavy atom. The van der Waals surface area contributed by atoms with Crippen molar-refractivity contribution in [1.29, 1.82) is 0 Å². The van der Waals surface area contributed by atoms with Crippen LogP contribution in [-0.4, -0.2) is 68.2 Å². The molecule has 11 nitrogen and oxygen atoms in total. The van der Waals surface area contributed by atoms with Crippen LogP contribution in [-0.2, 0) is 35.1 Å². The third-order valence-corrected chi connectivity index (χ3v) is 6.69. The van der Waals surface area contributed by atoms with Crippen molar-refractivity contribution >= 4 is 17.8 Å². The number of rotatable bonds is 12. The van der Waals surface area contributed by atoms with E-state index in [1.165, 1.54) is 26.3 Å². The number of hydrogen-bond acceptors (Lipinski definition) is 10. The largest absolute Gasteiger partial charge is 0.493 e. The number of esters is 2. The molecule has 0 aliphatic carbocycles. The minimum absolute atomic E-state index is 0.0393. The van der Waals surface area contributed by atoms with E-state index < -0.39 is 36.8 Å². The van der Waals surface area contributed by atoms with Gasteiger partial charge >= 0.3 is 11.9 Å². The fourth-order valence-electron chi connectivity index (χ4n) is 4.44. The van der Waals surface area contributed by atoms with Crippen molar-refractivity contribution < 1.29 is 42.8 Å². The van der Waals surface area contributed by atoms with Crippen molar-refractivity contribution in [1.82, 2.24) is 10.3 Å². The number of methoxy groups -OCH3 is 1. The van der Waals surface area contributed by atoms with Gasteiger partial charge in [0.15, 0.2) is 23.2 Å². The first kappa shape index (κ1) is 31.8. The predicted octanol–water partition coefficient (Wildman–Crippen LogP) is 3.69. The fourth-order valence-corrected chi connectivity index (χ4v) is 4.44. The maximum absolute atomic E-state index is 13.3. The van der Waals surface area contributed by atoms with E-state index in [1.807, 2.05) is 37.3 Å². The van der Waals surface area contributed by atoms with Gasteiger partial charge in [-0.15, -0.1) is 0 Å². The van der Waals surface area contributed by atoms with Crippen LogP contribution in [0.4, 0.5) is 0 Å². The molecule has 0 saturated carbocycles. The molecule has 1 N–H and O–H groups in total. The number of cyclic esters (lactones) is 1. The van der Waals surface area contributed by atoms with Gasteiger partial charge in [0.25, 0.3) is 5.91 Å². The molecule has 4 atom stereocenters. The predicted molar refractivity (Wildman–Crippen MR) is 148 cm³/mol. The number of pyridine rings is 1. The van der Waals surface area contributed by atoms with E-state index in [4.69, 9.17) is 28.4 Å². The van der Waals surface area contributed by atoms with Gasteiger partial charge in [0.05, 0.1) is 33.0 Å². The number of carbonyl (C=O) groups excluding carboxylic acids is 3. The molecule has 1 aliphatic heterocycles. The lowest BCUT2D eigenvalue weighted by atomic mass is 9.89. The Hall–Kier alpha value is -3.70. The minimum atomic E-state index is -1.11. The Morgan fingerprint density at radius 3 is 2.59 bits per heavy atom. The zero-order chi connectivity index (χ0) is 29.8. The van der Waals surface area contributed by atoms with Crippen molar-refractivity contribution in [3.8, 4) is 11.5 Å². The van der Waals surface area contributed by atoms with Crippen LogP contribution in [0.1, 0.15) is 56.6 Å². The van der Waals surface area contributed by atoms with Gasteiger partial charge in [0.1, 0.15) is 6.10 Å². The highest BCUT2D eigenvalue weighted by Crippen LogP contribution is 2.30. The lowest BCUT2D eigenvalue weighted by Gasteiger charge is -2.31. The highest BCUT2D eigenvalue weighted by Gasteiger charge is 2.36. The zero-order valence-electron chi connectivity index (χ0n) is 24.3. The molecule has 1 fully saturated rings. The van der Waals surface area contributed by atoms with E-state index in [0.717, 1.165) is 18.4 Å². The summed E-state index contributed by atoms with van der Waals surface area (Å²) in [6.45, 7) is 7.39. The minimum Gasteiger partial charge on any atom is -0.493 e. The number of hydrogen-bond donors (Lipinski definition) is 1. The van der Waals surface area contributed by atoms with Crippen LogP contribution in [0.2, 0.25) is 0 Å². The van der Waals surface area contributed by atoms with Crippen LogP contribution in [0.15, 0.2) is 42.6 Å². The number of nitrogens with zero attached hydrogens (tertiary/aromatic N) is 1. The Balaban J connectivity index is 1.76. The smallest absolute Gasteiger partial charge is 0.331 e. The monoisotopic (exact) mass is 572 g/mol. The van der Waals surface area contributed by atoms with Gasteiger partial charge in [-0.3, -0.25) is 9.59 Å². The molecule has 0 radical (unpaired) electrons. The highest BCUT2D eigenvalue weighted by molar-refractivity contribution is 5.98. The van der Waals surface area contributed by atoms with Gasteiger partial charge in [-0.1, -0.05) is 50.6 Å². The third kappa shape index (κ3) is 9.72. The summed E-state index contributed by atoms with van der Waals surface area (Å²) < 4.78 is 33.7. The molecule has 2 aromatic rings. The van der Waals surface area contributed by atoms with Gasteiger partial charge in [-0.2, -0.15) is 0 Å². The van der Waals surface area contributed by atoms with Gasteiger partial charge < -0.3 is 33.7 Å². The second-order valence-corrected chi connectivity index (χ2v) is 10.3. The standard InChI is InChI=1S/C30H40N2O9/c1-19(2)11-12-23-20(3)41-30(35)24(16-37-17-26(23)38-15-22-9-7-6-8-10-22)32-29(34)27-28(40-18-39-21(4)33)25(36-5)13-14-31-27/h6-10,13-14,19-20,23-24,26H,11-12,15-18H2,1-5H3,(H,32,34)/t20-,23-,24-,26-/m0/s1. The summed E-state index contributed by atoms with van der Waals surface area (Å²) in [5, 5.41) is 2.64. The molecule has 3 rings (SSSR count). The fraction of sp³-hybridized carbons (Fsp3) is 0.533. The van der Waals surface area contributed by atoms with E-state index in [9.17, 15) is 14.4 Å². The molecule has 224 valence electrons. The van der Waals surface area contributed by atoms with Gasteiger partial charge in [-0.05, 0) is 24.8 Å². The second kappa shape index (κ2) is 15.9. The molecular weight excluding hydrogens is 532 g/mol.